The molecule has 0 radical (unpaired) electrons. The summed E-state index contributed by atoms with van der Waals surface area (Å²) in [7, 11) is 0. The lowest BCUT2D eigenvalue weighted by molar-refractivity contribution is 0.272. The SMILES string of the molecule is CCOC1=NC(C(C)C)C(OCC)=NC1CCCCCCC1N=C(OCC)C(C(C)C)N=C1OCC. The van der Waals surface area contributed by atoms with Crippen molar-refractivity contribution in [1.29, 1.82) is 0 Å². The highest BCUT2D eigenvalue weighted by Gasteiger charge is 2.32. The molecule has 2 aliphatic heterocycles. The molecule has 0 bridgehead atoms. The Morgan fingerprint density at radius 2 is 0.833 bits per heavy atom. The van der Waals surface area contributed by atoms with Gasteiger partial charge in [-0.25, -0.2) is 20.0 Å². The largest absolute Gasteiger partial charge is 0.480 e. The van der Waals surface area contributed by atoms with Crippen LogP contribution in [0.3, 0.4) is 0 Å². The van der Waals surface area contributed by atoms with E-state index in [1.807, 2.05) is 27.7 Å². The second-order valence-electron chi connectivity index (χ2n) is 10.0. The van der Waals surface area contributed by atoms with E-state index in [9.17, 15) is 0 Å². The number of ether oxygens (including phenoxy) is 4. The number of aliphatic imine (C=N–C) groups is 4. The van der Waals surface area contributed by atoms with Crippen LogP contribution in [0.2, 0.25) is 0 Å². The highest BCUT2D eigenvalue weighted by Crippen LogP contribution is 2.23. The highest BCUT2D eigenvalue weighted by molar-refractivity contribution is 5.94. The highest BCUT2D eigenvalue weighted by atomic mass is 16.5. The maximum Gasteiger partial charge on any atom is 0.210 e. The van der Waals surface area contributed by atoms with Crippen molar-refractivity contribution >= 4 is 23.6 Å². The van der Waals surface area contributed by atoms with Gasteiger partial charge in [-0.2, -0.15) is 0 Å². The van der Waals surface area contributed by atoms with Crippen molar-refractivity contribution in [3.05, 3.63) is 0 Å². The third-order valence-electron chi connectivity index (χ3n) is 6.31. The van der Waals surface area contributed by atoms with Gasteiger partial charge < -0.3 is 18.9 Å². The molecule has 0 aromatic carbocycles. The van der Waals surface area contributed by atoms with Crippen LogP contribution < -0.4 is 0 Å². The molecule has 2 rings (SSSR count). The van der Waals surface area contributed by atoms with Crippen LogP contribution in [0.25, 0.3) is 0 Å². The third-order valence-corrected chi connectivity index (χ3v) is 6.31. The summed E-state index contributed by atoms with van der Waals surface area (Å²) in [5, 5.41) is 0. The molecule has 0 saturated carbocycles. The fraction of sp³-hybridized carbons (Fsp3) is 0.857. The number of hydrogen-bond donors (Lipinski definition) is 0. The van der Waals surface area contributed by atoms with Gasteiger partial charge in [0.05, 0.1) is 26.4 Å². The lowest BCUT2D eigenvalue weighted by atomic mass is 9.99. The first kappa shape index (κ1) is 30.1. The van der Waals surface area contributed by atoms with E-state index in [1.165, 1.54) is 0 Å². The maximum atomic E-state index is 5.88. The Balaban J connectivity index is 1.90. The molecule has 0 amide bonds. The molecule has 0 aromatic rings. The first-order chi connectivity index (χ1) is 17.4. The average Bonchev–Trinajstić information content (AvgIpc) is 2.84. The van der Waals surface area contributed by atoms with Crippen LogP contribution in [-0.2, 0) is 18.9 Å². The van der Waals surface area contributed by atoms with Crippen LogP contribution in [0.5, 0.6) is 0 Å². The second kappa shape index (κ2) is 15.9. The lowest BCUT2D eigenvalue weighted by Gasteiger charge is -2.28. The molecule has 0 fully saturated rings. The number of unbranched alkanes of at least 4 members (excludes halogenated alkanes) is 3. The van der Waals surface area contributed by atoms with Crippen LogP contribution in [0, 0.1) is 11.8 Å². The Bertz CT molecular complexity index is 712. The van der Waals surface area contributed by atoms with E-state index in [2.05, 4.69) is 27.7 Å². The smallest absolute Gasteiger partial charge is 0.210 e. The molecule has 8 heteroatoms. The first-order valence-corrected chi connectivity index (χ1v) is 14.2. The van der Waals surface area contributed by atoms with E-state index in [-0.39, 0.29) is 24.2 Å². The van der Waals surface area contributed by atoms with Crippen LogP contribution in [0.4, 0.5) is 0 Å². The van der Waals surface area contributed by atoms with E-state index < -0.39 is 0 Å². The lowest BCUT2D eigenvalue weighted by Crippen LogP contribution is -2.38. The average molecular weight is 507 g/mol. The molecule has 2 heterocycles. The van der Waals surface area contributed by atoms with E-state index in [1.54, 1.807) is 0 Å². The fourth-order valence-electron chi connectivity index (χ4n) is 4.50. The van der Waals surface area contributed by atoms with Gasteiger partial charge in [0.2, 0.25) is 23.6 Å². The van der Waals surface area contributed by atoms with Crippen molar-refractivity contribution in [1.82, 2.24) is 0 Å². The molecule has 0 aromatic heterocycles. The molecule has 0 aliphatic carbocycles. The molecule has 206 valence electrons. The molecule has 4 atom stereocenters. The standard InChI is InChI=1S/C28H50N4O4/c1-9-33-25-21(29-27(35-11-3)23(31-25)19(5)6)17-15-13-14-16-18-22-26(34-10-2)32-24(20(7)8)28(30-22)36-12-4/h19-24H,9-18H2,1-8H3. The van der Waals surface area contributed by atoms with Crippen LogP contribution in [0.1, 0.15) is 93.9 Å². The van der Waals surface area contributed by atoms with Crippen molar-refractivity contribution in [2.24, 2.45) is 31.8 Å². The number of nitrogens with zero attached hydrogens (tertiary/aromatic N) is 4. The van der Waals surface area contributed by atoms with Crippen molar-refractivity contribution in [2.45, 2.75) is 118 Å². The zero-order chi connectivity index (χ0) is 26.5. The molecule has 0 saturated heterocycles. The van der Waals surface area contributed by atoms with Gasteiger partial charge in [0.1, 0.15) is 24.2 Å². The predicted octanol–water partition coefficient (Wildman–Crippen LogP) is 5.88. The summed E-state index contributed by atoms with van der Waals surface area (Å²) in [6.45, 7) is 19.0. The summed E-state index contributed by atoms with van der Waals surface area (Å²) in [4.78, 5) is 19.6. The van der Waals surface area contributed by atoms with Crippen molar-refractivity contribution in [3.63, 3.8) is 0 Å². The Morgan fingerprint density at radius 3 is 1.14 bits per heavy atom. The summed E-state index contributed by atoms with van der Waals surface area (Å²) >= 11 is 0. The molecular formula is C28H50N4O4. The van der Waals surface area contributed by atoms with Gasteiger partial charge in [-0.05, 0) is 52.4 Å². The maximum absolute atomic E-state index is 5.88. The minimum Gasteiger partial charge on any atom is -0.480 e. The van der Waals surface area contributed by atoms with Gasteiger partial charge in [-0.15, -0.1) is 0 Å². The molecule has 0 N–H and O–H groups in total. The van der Waals surface area contributed by atoms with Crippen LogP contribution in [0.15, 0.2) is 20.0 Å². The zero-order valence-corrected chi connectivity index (χ0v) is 24.0. The molecule has 0 spiro atoms. The van der Waals surface area contributed by atoms with Crippen molar-refractivity contribution < 1.29 is 18.9 Å². The van der Waals surface area contributed by atoms with E-state index in [0.29, 0.717) is 38.3 Å². The number of hydrogen-bond acceptors (Lipinski definition) is 8. The van der Waals surface area contributed by atoms with E-state index >= 15 is 0 Å². The summed E-state index contributed by atoms with van der Waals surface area (Å²) in [5.41, 5.74) is 0. The normalized spacial score (nSPS) is 24.2. The Labute approximate surface area is 219 Å². The second-order valence-corrected chi connectivity index (χ2v) is 10.0. The van der Waals surface area contributed by atoms with Crippen LogP contribution >= 0.6 is 0 Å². The summed E-state index contributed by atoms with van der Waals surface area (Å²) in [6, 6.07) is -0.223. The summed E-state index contributed by atoms with van der Waals surface area (Å²) in [5.74, 6) is 3.66. The predicted molar refractivity (Wildman–Crippen MR) is 149 cm³/mol. The van der Waals surface area contributed by atoms with Crippen molar-refractivity contribution in [2.75, 3.05) is 26.4 Å². The van der Waals surface area contributed by atoms with Gasteiger partial charge in [-0.3, -0.25) is 0 Å². The molecule has 2 aliphatic rings. The molecule has 8 nitrogen and oxygen atoms in total. The number of rotatable bonds is 13. The van der Waals surface area contributed by atoms with Gasteiger partial charge in [0.15, 0.2) is 0 Å². The Kier molecular flexibility index (Phi) is 13.3. The van der Waals surface area contributed by atoms with Crippen molar-refractivity contribution in [3.8, 4) is 0 Å². The molecule has 4 unspecified atom stereocenters. The van der Waals surface area contributed by atoms with Crippen LogP contribution in [-0.4, -0.2) is 74.2 Å². The van der Waals surface area contributed by atoms with E-state index in [0.717, 1.165) is 62.1 Å². The minimum absolute atomic E-state index is 0.0529. The Hall–Kier alpha value is -2.12. The zero-order valence-electron chi connectivity index (χ0n) is 24.0. The third kappa shape index (κ3) is 8.77. The quantitative estimate of drug-likeness (QED) is 0.292. The summed E-state index contributed by atoms with van der Waals surface area (Å²) < 4.78 is 23.5. The fourth-order valence-corrected chi connectivity index (χ4v) is 4.50. The van der Waals surface area contributed by atoms with Gasteiger partial charge in [0, 0.05) is 0 Å². The van der Waals surface area contributed by atoms with E-state index in [4.69, 9.17) is 38.9 Å². The molecular weight excluding hydrogens is 456 g/mol. The van der Waals surface area contributed by atoms with Gasteiger partial charge in [-0.1, -0.05) is 53.4 Å². The minimum atomic E-state index is -0.0585. The summed E-state index contributed by atoms with van der Waals surface area (Å²) in [6.07, 6.45) is 6.19. The van der Waals surface area contributed by atoms with Gasteiger partial charge >= 0.3 is 0 Å². The monoisotopic (exact) mass is 506 g/mol. The Morgan fingerprint density at radius 1 is 0.500 bits per heavy atom. The topological polar surface area (TPSA) is 86.4 Å². The molecule has 36 heavy (non-hydrogen) atoms. The first-order valence-electron chi connectivity index (χ1n) is 14.2. The van der Waals surface area contributed by atoms with Gasteiger partial charge in [0.25, 0.3) is 0 Å².